The van der Waals surface area contributed by atoms with Crippen molar-refractivity contribution in [1.82, 2.24) is 0 Å². The van der Waals surface area contributed by atoms with Crippen LogP contribution < -0.4 is 14.8 Å². The van der Waals surface area contributed by atoms with E-state index >= 15 is 0 Å². The van der Waals surface area contributed by atoms with Crippen LogP contribution in [0.4, 0.5) is 11.4 Å². The molecule has 0 heterocycles. The maximum absolute atomic E-state index is 12.6. The minimum absolute atomic E-state index is 0.103. The normalized spacial score (nSPS) is 11.0. The quantitative estimate of drug-likeness (QED) is 0.533. The summed E-state index contributed by atoms with van der Waals surface area (Å²) < 4.78 is 30.5. The van der Waals surface area contributed by atoms with Crippen LogP contribution in [-0.4, -0.2) is 20.2 Å². The second kappa shape index (κ2) is 9.23. The van der Waals surface area contributed by atoms with Gasteiger partial charge in [0.25, 0.3) is 5.91 Å². The molecule has 166 valence electrons. The van der Waals surface area contributed by atoms with Crippen LogP contribution in [0.5, 0.6) is 5.75 Å². The number of anilines is 2. The first kappa shape index (κ1) is 23.0. The first-order valence-electron chi connectivity index (χ1n) is 9.86. The van der Waals surface area contributed by atoms with Gasteiger partial charge in [0.15, 0.2) is 0 Å². The Morgan fingerprint density at radius 3 is 2.12 bits per heavy atom. The molecule has 0 aliphatic heterocycles. The lowest BCUT2D eigenvalue weighted by atomic mass is 10.1. The molecule has 3 rings (SSSR count). The fraction of sp³-hybridized carbons (Fsp3) is 0.167. The molecule has 7 nitrogen and oxygen atoms in total. The Hall–Kier alpha value is -3.65. The van der Waals surface area contributed by atoms with Crippen LogP contribution in [0.2, 0.25) is 0 Å². The first-order chi connectivity index (χ1) is 15.0. The van der Waals surface area contributed by atoms with Crippen LogP contribution in [0.15, 0.2) is 65.6 Å². The Kier molecular flexibility index (Phi) is 6.64. The summed E-state index contributed by atoms with van der Waals surface area (Å²) in [6, 6.07) is 16.1. The molecule has 0 radical (unpaired) electrons. The summed E-state index contributed by atoms with van der Waals surface area (Å²) in [5.41, 5.74) is 3.71. The molecule has 0 aliphatic rings. The Bertz CT molecular complexity index is 1280. The molecule has 0 bridgehead atoms. The summed E-state index contributed by atoms with van der Waals surface area (Å²) in [5, 5.41) is 5.47. The van der Waals surface area contributed by atoms with Crippen molar-refractivity contribution in [1.29, 1.82) is 0 Å². The van der Waals surface area contributed by atoms with E-state index in [2.05, 4.69) is 10.6 Å². The zero-order chi connectivity index (χ0) is 23.5. The van der Waals surface area contributed by atoms with Gasteiger partial charge in [-0.2, -0.15) is 8.42 Å². The predicted octanol–water partition coefficient (Wildman–Crippen LogP) is 4.59. The second-order valence-corrected chi connectivity index (χ2v) is 9.01. The van der Waals surface area contributed by atoms with E-state index in [1.54, 1.807) is 44.2 Å². The molecule has 0 saturated carbocycles. The van der Waals surface area contributed by atoms with Gasteiger partial charge in [0.2, 0.25) is 5.91 Å². The van der Waals surface area contributed by atoms with E-state index in [0.717, 1.165) is 11.1 Å². The van der Waals surface area contributed by atoms with E-state index in [1.165, 1.54) is 31.2 Å². The van der Waals surface area contributed by atoms with Gasteiger partial charge >= 0.3 is 10.1 Å². The molecule has 8 heteroatoms. The van der Waals surface area contributed by atoms with E-state index in [4.69, 9.17) is 4.18 Å². The fourth-order valence-corrected chi connectivity index (χ4v) is 4.28. The van der Waals surface area contributed by atoms with Crippen molar-refractivity contribution in [3.8, 4) is 5.75 Å². The third kappa shape index (κ3) is 5.53. The van der Waals surface area contributed by atoms with Crippen molar-refractivity contribution in [3.05, 3.63) is 82.9 Å². The van der Waals surface area contributed by atoms with Gasteiger partial charge < -0.3 is 14.8 Å². The highest BCUT2D eigenvalue weighted by atomic mass is 32.2. The summed E-state index contributed by atoms with van der Waals surface area (Å²) in [7, 11) is -4.00. The first-order valence-corrected chi connectivity index (χ1v) is 11.3. The van der Waals surface area contributed by atoms with Gasteiger partial charge in [-0.25, -0.2) is 0 Å². The second-order valence-electron chi connectivity index (χ2n) is 7.50. The van der Waals surface area contributed by atoms with E-state index in [9.17, 15) is 18.0 Å². The lowest BCUT2D eigenvalue weighted by Crippen LogP contribution is -2.14. The summed E-state index contributed by atoms with van der Waals surface area (Å²) in [4.78, 5) is 24.0. The van der Waals surface area contributed by atoms with Crippen LogP contribution in [-0.2, 0) is 14.9 Å². The van der Waals surface area contributed by atoms with Gasteiger partial charge in [0, 0.05) is 23.9 Å². The van der Waals surface area contributed by atoms with Crippen LogP contribution >= 0.6 is 0 Å². The van der Waals surface area contributed by atoms with Gasteiger partial charge in [-0.1, -0.05) is 18.2 Å². The van der Waals surface area contributed by atoms with Crippen molar-refractivity contribution in [2.45, 2.75) is 32.6 Å². The average molecular weight is 453 g/mol. The Morgan fingerprint density at radius 1 is 0.812 bits per heavy atom. The van der Waals surface area contributed by atoms with Gasteiger partial charge in [-0.05, 0) is 79.9 Å². The standard InChI is InChI=1S/C24H24N2O5S/c1-15-5-6-17(3)23(13-15)32(29,30)31-21-11-8-19(9-12-21)24(28)26-20-10-7-16(2)22(14-20)25-18(4)27/h5-14H,1-4H3,(H,25,27)(H,26,28). The van der Waals surface area contributed by atoms with E-state index in [1.807, 2.05) is 13.0 Å². The highest BCUT2D eigenvalue weighted by Crippen LogP contribution is 2.24. The van der Waals surface area contributed by atoms with Crippen LogP contribution in [0.25, 0.3) is 0 Å². The molecule has 0 fully saturated rings. The van der Waals surface area contributed by atoms with Crippen molar-refractivity contribution < 1.29 is 22.2 Å². The highest BCUT2D eigenvalue weighted by Gasteiger charge is 2.20. The average Bonchev–Trinajstić information content (AvgIpc) is 2.72. The molecule has 2 amide bonds. The van der Waals surface area contributed by atoms with Crippen molar-refractivity contribution in [2.75, 3.05) is 10.6 Å². The third-order valence-corrected chi connectivity index (χ3v) is 6.13. The minimum atomic E-state index is -4.00. The zero-order valence-corrected chi connectivity index (χ0v) is 19.0. The molecule has 2 N–H and O–H groups in total. The molecular formula is C24H24N2O5S. The summed E-state index contributed by atoms with van der Waals surface area (Å²) in [6.07, 6.45) is 0. The summed E-state index contributed by atoms with van der Waals surface area (Å²) in [6.45, 7) is 6.77. The molecule has 0 aliphatic carbocycles. The Morgan fingerprint density at radius 2 is 1.47 bits per heavy atom. The van der Waals surface area contributed by atoms with E-state index < -0.39 is 10.1 Å². The number of rotatable bonds is 6. The molecule has 3 aromatic carbocycles. The number of carbonyl (C=O) groups is 2. The zero-order valence-electron chi connectivity index (χ0n) is 18.2. The maximum atomic E-state index is 12.6. The molecular weight excluding hydrogens is 428 g/mol. The van der Waals surface area contributed by atoms with Gasteiger partial charge in [0.05, 0.1) is 0 Å². The number of carbonyl (C=O) groups excluding carboxylic acids is 2. The van der Waals surface area contributed by atoms with Crippen LogP contribution in [0.1, 0.15) is 34.0 Å². The third-order valence-electron chi connectivity index (χ3n) is 4.74. The monoisotopic (exact) mass is 452 g/mol. The summed E-state index contributed by atoms with van der Waals surface area (Å²) >= 11 is 0. The molecule has 0 aromatic heterocycles. The number of aryl methyl sites for hydroxylation is 3. The number of amides is 2. The van der Waals surface area contributed by atoms with Crippen LogP contribution in [0.3, 0.4) is 0 Å². The van der Waals surface area contributed by atoms with E-state index in [-0.39, 0.29) is 22.5 Å². The highest BCUT2D eigenvalue weighted by molar-refractivity contribution is 7.87. The van der Waals surface area contributed by atoms with Crippen LogP contribution in [0, 0.1) is 20.8 Å². The van der Waals surface area contributed by atoms with Gasteiger partial charge in [-0.3, -0.25) is 9.59 Å². The minimum Gasteiger partial charge on any atom is -0.379 e. The molecule has 32 heavy (non-hydrogen) atoms. The number of benzene rings is 3. The smallest absolute Gasteiger partial charge is 0.339 e. The lowest BCUT2D eigenvalue weighted by Gasteiger charge is -2.12. The molecule has 3 aromatic rings. The largest absolute Gasteiger partial charge is 0.379 e. The Balaban J connectivity index is 1.73. The molecule has 0 spiro atoms. The Labute approximate surface area is 187 Å². The molecule has 0 saturated heterocycles. The topological polar surface area (TPSA) is 102 Å². The maximum Gasteiger partial charge on any atom is 0.339 e. The van der Waals surface area contributed by atoms with Crippen molar-refractivity contribution in [3.63, 3.8) is 0 Å². The lowest BCUT2D eigenvalue weighted by molar-refractivity contribution is -0.114. The number of nitrogens with one attached hydrogen (secondary N) is 2. The predicted molar refractivity (Wildman–Crippen MR) is 124 cm³/mol. The van der Waals surface area contributed by atoms with Crippen molar-refractivity contribution >= 4 is 33.3 Å². The van der Waals surface area contributed by atoms with Crippen molar-refractivity contribution in [2.24, 2.45) is 0 Å². The molecule has 0 atom stereocenters. The van der Waals surface area contributed by atoms with Gasteiger partial charge in [0.1, 0.15) is 10.6 Å². The SMILES string of the molecule is CC(=O)Nc1cc(NC(=O)c2ccc(OS(=O)(=O)c3cc(C)ccc3C)cc2)ccc1C. The van der Waals surface area contributed by atoms with E-state index in [0.29, 0.717) is 22.5 Å². The molecule has 0 unspecified atom stereocenters. The summed E-state index contributed by atoms with van der Waals surface area (Å²) in [5.74, 6) is -0.486. The fourth-order valence-electron chi connectivity index (χ4n) is 3.04. The number of hydrogen-bond acceptors (Lipinski definition) is 5. The van der Waals surface area contributed by atoms with Gasteiger partial charge in [-0.15, -0.1) is 0 Å². The number of hydrogen-bond donors (Lipinski definition) is 2.